The number of fused-ring (bicyclic) bond motifs is 1. The van der Waals surface area contributed by atoms with Gasteiger partial charge in [-0.3, -0.25) is 4.90 Å². The molecule has 126 valence electrons. The molecule has 1 saturated heterocycles. The Kier molecular flexibility index (Phi) is 4.51. The Labute approximate surface area is 142 Å². The molecule has 5 heteroatoms. The zero-order chi connectivity index (χ0) is 16.2. The van der Waals surface area contributed by atoms with Gasteiger partial charge in [0.05, 0.1) is 0 Å². The first-order valence-corrected chi connectivity index (χ1v) is 8.63. The van der Waals surface area contributed by atoms with Gasteiger partial charge < -0.3 is 14.8 Å². The number of benzene rings is 1. The molecule has 1 aromatic heterocycles. The maximum absolute atomic E-state index is 5.82. The first kappa shape index (κ1) is 15.3. The summed E-state index contributed by atoms with van der Waals surface area (Å²) in [5, 5.41) is 3.44. The van der Waals surface area contributed by atoms with Crippen LogP contribution in [0.4, 0.5) is 5.82 Å². The molecule has 4 rings (SSSR count). The molecule has 1 aromatic carbocycles. The third-order valence-electron chi connectivity index (χ3n) is 4.65. The van der Waals surface area contributed by atoms with E-state index in [1.807, 2.05) is 30.5 Å². The Morgan fingerprint density at radius 1 is 1.12 bits per heavy atom. The van der Waals surface area contributed by atoms with Crippen molar-refractivity contribution in [3.63, 3.8) is 0 Å². The van der Waals surface area contributed by atoms with E-state index >= 15 is 0 Å². The zero-order valence-electron chi connectivity index (χ0n) is 13.8. The second-order valence-electron chi connectivity index (χ2n) is 6.43. The molecule has 1 fully saturated rings. The Hall–Kier alpha value is -2.27. The summed E-state index contributed by atoms with van der Waals surface area (Å²) in [6.07, 6.45) is 3.04. The van der Waals surface area contributed by atoms with E-state index in [2.05, 4.69) is 27.3 Å². The second kappa shape index (κ2) is 7.09. The molecule has 24 heavy (non-hydrogen) atoms. The van der Waals surface area contributed by atoms with Crippen LogP contribution in [0.5, 0.6) is 11.5 Å². The summed E-state index contributed by atoms with van der Waals surface area (Å²) in [4.78, 5) is 6.82. The largest absolute Gasteiger partial charge is 0.486 e. The normalized spacial score (nSPS) is 20.1. The van der Waals surface area contributed by atoms with E-state index in [-0.39, 0.29) is 0 Å². The lowest BCUT2D eigenvalue weighted by molar-refractivity contribution is 0.167. The lowest BCUT2D eigenvalue weighted by atomic mass is 10.1. The molecule has 0 saturated carbocycles. The van der Waals surface area contributed by atoms with Gasteiger partial charge in [0, 0.05) is 31.4 Å². The van der Waals surface area contributed by atoms with E-state index in [0.717, 1.165) is 43.5 Å². The van der Waals surface area contributed by atoms with Gasteiger partial charge in [-0.25, -0.2) is 4.98 Å². The predicted octanol–water partition coefficient (Wildman–Crippen LogP) is 2.79. The summed E-state index contributed by atoms with van der Waals surface area (Å²) in [5.74, 6) is 3.42. The average Bonchev–Trinajstić information content (AvgIpc) is 3.09. The summed E-state index contributed by atoms with van der Waals surface area (Å²) in [5.41, 5.74) is 1.23. The fraction of sp³-hybridized carbons (Fsp3) is 0.421. The van der Waals surface area contributed by atoms with E-state index in [4.69, 9.17) is 9.47 Å². The number of hydrogen-bond acceptors (Lipinski definition) is 5. The number of para-hydroxylation sites is 1. The minimum absolute atomic E-state index is 0.640. The van der Waals surface area contributed by atoms with Gasteiger partial charge in [0.1, 0.15) is 19.0 Å². The van der Waals surface area contributed by atoms with Crippen molar-refractivity contribution in [3.05, 3.63) is 48.2 Å². The van der Waals surface area contributed by atoms with Crippen LogP contribution < -0.4 is 14.8 Å². The van der Waals surface area contributed by atoms with Crippen molar-refractivity contribution in [2.45, 2.75) is 13.0 Å². The molecular weight excluding hydrogens is 302 g/mol. The Balaban J connectivity index is 1.33. The highest BCUT2D eigenvalue weighted by Gasteiger charge is 2.24. The minimum Gasteiger partial charge on any atom is -0.486 e. The van der Waals surface area contributed by atoms with Gasteiger partial charge in [-0.2, -0.15) is 0 Å². The smallest absolute Gasteiger partial charge is 0.165 e. The molecule has 5 nitrogen and oxygen atoms in total. The number of rotatable bonds is 5. The predicted molar refractivity (Wildman–Crippen MR) is 93.5 cm³/mol. The molecule has 1 N–H and O–H groups in total. The Morgan fingerprint density at radius 2 is 2.08 bits per heavy atom. The quantitative estimate of drug-likeness (QED) is 0.916. The van der Waals surface area contributed by atoms with Crippen molar-refractivity contribution in [3.8, 4) is 11.5 Å². The zero-order valence-corrected chi connectivity index (χ0v) is 13.8. The summed E-state index contributed by atoms with van der Waals surface area (Å²) in [6, 6.07) is 12.2. The van der Waals surface area contributed by atoms with Gasteiger partial charge in [0.15, 0.2) is 11.5 Å². The van der Waals surface area contributed by atoms with E-state index in [0.29, 0.717) is 19.1 Å². The standard InChI is InChI=1S/C19H23N3O2/c1-2-8-20-18(6-1)21-12-15-7-9-22(13-15)14-16-4-3-5-17-19(16)24-11-10-23-17/h1-6,8,15H,7,9-14H2,(H,20,21)/t15-/m0/s1. The number of nitrogens with one attached hydrogen (secondary N) is 1. The van der Waals surface area contributed by atoms with Crippen molar-refractivity contribution in [1.29, 1.82) is 0 Å². The molecule has 3 heterocycles. The van der Waals surface area contributed by atoms with E-state index in [1.54, 1.807) is 0 Å². The minimum atomic E-state index is 0.640. The Morgan fingerprint density at radius 3 is 3.00 bits per heavy atom. The maximum Gasteiger partial charge on any atom is 0.165 e. The molecule has 2 aromatic rings. The molecular formula is C19H23N3O2. The van der Waals surface area contributed by atoms with Gasteiger partial charge in [-0.1, -0.05) is 18.2 Å². The number of hydrogen-bond donors (Lipinski definition) is 1. The third kappa shape index (κ3) is 3.46. The van der Waals surface area contributed by atoms with Crippen LogP contribution in [-0.4, -0.2) is 42.7 Å². The molecule has 0 radical (unpaired) electrons. The maximum atomic E-state index is 5.82. The highest BCUT2D eigenvalue weighted by atomic mass is 16.6. The monoisotopic (exact) mass is 325 g/mol. The van der Waals surface area contributed by atoms with Crippen molar-refractivity contribution >= 4 is 5.82 Å². The molecule has 1 atom stereocenters. The van der Waals surface area contributed by atoms with Crippen LogP contribution in [0.15, 0.2) is 42.6 Å². The number of nitrogens with zero attached hydrogens (tertiary/aromatic N) is 2. The van der Waals surface area contributed by atoms with Crippen molar-refractivity contribution in [1.82, 2.24) is 9.88 Å². The van der Waals surface area contributed by atoms with Crippen LogP contribution in [-0.2, 0) is 6.54 Å². The van der Waals surface area contributed by atoms with Gasteiger partial charge >= 0.3 is 0 Å². The second-order valence-corrected chi connectivity index (χ2v) is 6.43. The summed E-state index contributed by atoms with van der Waals surface area (Å²) < 4.78 is 11.5. The third-order valence-corrected chi connectivity index (χ3v) is 4.65. The molecule has 2 aliphatic heterocycles. The first-order valence-electron chi connectivity index (χ1n) is 8.63. The topological polar surface area (TPSA) is 46.6 Å². The van der Waals surface area contributed by atoms with Crippen molar-refractivity contribution in [2.24, 2.45) is 5.92 Å². The van der Waals surface area contributed by atoms with Crippen molar-refractivity contribution < 1.29 is 9.47 Å². The van der Waals surface area contributed by atoms with Crippen LogP contribution in [0.25, 0.3) is 0 Å². The van der Waals surface area contributed by atoms with Crippen LogP contribution in [0.3, 0.4) is 0 Å². The molecule has 0 amide bonds. The van der Waals surface area contributed by atoms with Crippen LogP contribution in [0.2, 0.25) is 0 Å². The molecule has 0 aliphatic carbocycles. The van der Waals surface area contributed by atoms with Gasteiger partial charge in [0.2, 0.25) is 0 Å². The SMILES string of the molecule is c1ccc(NC[C@@H]2CCN(Cc3cccc4c3OCCO4)C2)nc1. The summed E-state index contributed by atoms with van der Waals surface area (Å²) in [7, 11) is 0. The number of likely N-dealkylation sites (tertiary alicyclic amines) is 1. The number of pyridine rings is 1. The van der Waals surface area contributed by atoms with Gasteiger partial charge in [0.25, 0.3) is 0 Å². The van der Waals surface area contributed by atoms with Gasteiger partial charge in [-0.15, -0.1) is 0 Å². The van der Waals surface area contributed by atoms with Crippen molar-refractivity contribution in [2.75, 3.05) is 38.2 Å². The van der Waals surface area contributed by atoms with Crippen LogP contribution in [0, 0.1) is 5.92 Å². The number of aromatic nitrogens is 1. The molecule has 0 bridgehead atoms. The van der Waals surface area contributed by atoms with Crippen LogP contribution in [0.1, 0.15) is 12.0 Å². The van der Waals surface area contributed by atoms with Gasteiger partial charge in [-0.05, 0) is 37.1 Å². The highest BCUT2D eigenvalue weighted by molar-refractivity contribution is 5.47. The molecule has 0 spiro atoms. The first-order chi connectivity index (χ1) is 11.9. The average molecular weight is 325 g/mol. The number of ether oxygens (including phenoxy) is 2. The lowest BCUT2D eigenvalue weighted by Crippen LogP contribution is -2.24. The van der Waals surface area contributed by atoms with E-state index in [9.17, 15) is 0 Å². The van der Waals surface area contributed by atoms with E-state index < -0.39 is 0 Å². The molecule has 2 aliphatic rings. The Bertz CT molecular complexity index is 678. The van der Waals surface area contributed by atoms with Crippen LogP contribution >= 0.6 is 0 Å². The molecule has 0 unspecified atom stereocenters. The van der Waals surface area contributed by atoms with E-state index in [1.165, 1.54) is 12.0 Å². The highest BCUT2D eigenvalue weighted by Crippen LogP contribution is 2.35. The summed E-state index contributed by atoms with van der Waals surface area (Å²) in [6.45, 7) is 5.40. The number of anilines is 1. The fourth-order valence-corrected chi connectivity index (χ4v) is 3.44. The fourth-order valence-electron chi connectivity index (χ4n) is 3.44. The lowest BCUT2D eigenvalue weighted by Gasteiger charge is -2.23. The summed E-state index contributed by atoms with van der Waals surface area (Å²) >= 11 is 0.